The van der Waals surface area contributed by atoms with Crippen molar-refractivity contribution in [3.05, 3.63) is 205 Å². The number of fused-ring (bicyclic) bond motifs is 6. The third kappa shape index (κ3) is 5.20. The summed E-state index contributed by atoms with van der Waals surface area (Å²) in [6, 6.07) is 63.1. The molecular formula is C50H35NO. The Morgan fingerprint density at radius 3 is 1.98 bits per heavy atom. The highest BCUT2D eigenvalue weighted by molar-refractivity contribution is 6.23. The van der Waals surface area contributed by atoms with Crippen molar-refractivity contribution in [2.75, 3.05) is 4.90 Å². The molecule has 1 aliphatic carbocycles. The van der Waals surface area contributed by atoms with Crippen LogP contribution >= 0.6 is 0 Å². The van der Waals surface area contributed by atoms with Crippen LogP contribution in [-0.2, 0) is 0 Å². The van der Waals surface area contributed by atoms with E-state index >= 15 is 0 Å². The summed E-state index contributed by atoms with van der Waals surface area (Å²) in [5, 5.41) is 7.14. The molecule has 1 atom stereocenters. The number of hydrogen-bond donors (Lipinski definition) is 0. The number of nitrogens with zero attached hydrogens (tertiary/aromatic N) is 1. The van der Waals surface area contributed by atoms with Crippen LogP contribution in [0, 0.1) is 0 Å². The van der Waals surface area contributed by atoms with Gasteiger partial charge in [0.1, 0.15) is 5.58 Å². The fourth-order valence-corrected chi connectivity index (χ4v) is 8.00. The minimum Gasteiger partial charge on any atom is -0.454 e. The average molecular weight is 666 g/mol. The lowest BCUT2D eigenvalue weighted by atomic mass is 9.91. The van der Waals surface area contributed by atoms with Crippen LogP contribution in [0.25, 0.3) is 65.7 Å². The summed E-state index contributed by atoms with van der Waals surface area (Å²) in [5.74, 6) is 0.342. The average Bonchev–Trinajstić information content (AvgIpc) is 3.61. The van der Waals surface area contributed by atoms with E-state index in [1.54, 1.807) is 0 Å². The summed E-state index contributed by atoms with van der Waals surface area (Å²) in [6.07, 6.45) is 7.92. The molecule has 0 saturated carbocycles. The third-order valence-corrected chi connectivity index (χ3v) is 10.6. The monoisotopic (exact) mass is 665 g/mol. The van der Waals surface area contributed by atoms with E-state index < -0.39 is 0 Å². The summed E-state index contributed by atoms with van der Waals surface area (Å²) in [4.78, 5) is 2.36. The van der Waals surface area contributed by atoms with Gasteiger partial charge < -0.3 is 9.32 Å². The van der Waals surface area contributed by atoms with E-state index in [2.05, 4.69) is 199 Å². The molecule has 1 aromatic heterocycles. The maximum absolute atomic E-state index is 7.03. The molecule has 10 rings (SSSR count). The molecule has 1 heterocycles. The topological polar surface area (TPSA) is 16.4 Å². The fourth-order valence-electron chi connectivity index (χ4n) is 8.00. The number of para-hydroxylation sites is 1. The lowest BCUT2D eigenvalue weighted by Crippen LogP contribution is -2.17. The Morgan fingerprint density at radius 2 is 1.19 bits per heavy atom. The molecule has 0 amide bonds. The van der Waals surface area contributed by atoms with Crippen molar-refractivity contribution in [2.45, 2.75) is 12.3 Å². The summed E-state index contributed by atoms with van der Waals surface area (Å²) >= 11 is 0. The van der Waals surface area contributed by atoms with Crippen molar-refractivity contribution in [1.29, 1.82) is 0 Å². The van der Waals surface area contributed by atoms with E-state index in [4.69, 9.17) is 4.42 Å². The van der Waals surface area contributed by atoms with Gasteiger partial charge in [0.05, 0.1) is 5.69 Å². The normalized spacial score (nSPS) is 14.3. The minimum atomic E-state index is 0.342. The van der Waals surface area contributed by atoms with Crippen LogP contribution in [0.4, 0.5) is 11.4 Å². The van der Waals surface area contributed by atoms with Gasteiger partial charge in [-0.25, -0.2) is 0 Å². The number of benzene rings is 8. The lowest BCUT2D eigenvalue weighted by Gasteiger charge is -2.29. The van der Waals surface area contributed by atoms with E-state index in [9.17, 15) is 0 Å². The fraction of sp³-hybridized carbons (Fsp3) is 0.0400. The van der Waals surface area contributed by atoms with Crippen molar-refractivity contribution < 1.29 is 4.42 Å². The number of rotatable bonds is 6. The van der Waals surface area contributed by atoms with Gasteiger partial charge in [-0.2, -0.15) is 0 Å². The molecule has 2 heteroatoms. The highest BCUT2D eigenvalue weighted by atomic mass is 16.3. The Labute approximate surface area is 303 Å². The van der Waals surface area contributed by atoms with E-state index in [1.165, 1.54) is 49.4 Å². The maximum Gasteiger partial charge on any atom is 0.159 e. The van der Waals surface area contributed by atoms with Crippen LogP contribution in [-0.4, -0.2) is 0 Å². The predicted molar refractivity (Wildman–Crippen MR) is 219 cm³/mol. The summed E-state index contributed by atoms with van der Waals surface area (Å²) in [7, 11) is 0. The molecule has 0 N–H and O–H groups in total. The van der Waals surface area contributed by atoms with Gasteiger partial charge in [-0.1, -0.05) is 158 Å². The van der Waals surface area contributed by atoms with Crippen molar-refractivity contribution in [2.24, 2.45) is 0 Å². The van der Waals surface area contributed by atoms with E-state index in [0.717, 1.165) is 45.4 Å². The molecular weight excluding hydrogens is 631 g/mol. The van der Waals surface area contributed by atoms with Gasteiger partial charge in [0.25, 0.3) is 0 Å². The van der Waals surface area contributed by atoms with Gasteiger partial charge in [-0.3, -0.25) is 0 Å². The van der Waals surface area contributed by atoms with Crippen molar-refractivity contribution >= 4 is 54.9 Å². The standard InChI is InChI=1S/C50H35NO/c1-3-12-34(13-4-1)37-24-28-41(29-25-37)51(42-30-26-38(27-31-42)35-14-5-2-6-15-35)47-21-11-20-45-49-44-19-10-9-18-43(44)46(33-48(49)52-50(45)47)40-23-22-36-16-7-8-17-39(36)32-40/h1-26,28-33,38H,27H2. The van der Waals surface area contributed by atoms with Gasteiger partial charge in [0.15, 0.2) is 5.58 Å². The Bertz CT molecular complexity index is 2810. The first-order chi connectivity index (χ1) is 25.8. The first-order valence-electron chi connectivity index (χ1n) is 18.0. The largest absolute Gasteiger partial charge is 0.454 e. The van der Waals surface area contributed by atoms with Crippen LogP contribution < -0.4 is 4.90 Å². The summed E-state index contributed by atoms with van der Waals surface area (Å²) in [5.41, 5.74) is 11.1. The molecule has 0 spiro atoms. The molecule has 9 aromatic rings. The summed E-state index contributed by atoms with van der Waals surface area (Å²) < 4.78 is 7.03. The van der Waals surface area contributed by atoms with Gasteiger partial charge >= 0.3 is 0 Å². The third-order valence-electron chi connectivity index (χ3n) is 10.6. The van der Waals surface area contributed by atoms with E-state index in [-0.39, 0.29) is 0 Å². The lowest BCUT2D eigenvalue weighted by molar-refractivity contribution is 0.669. The van der Waals surface area contributed by atoms with Crippen LogP contribution in [0.3, 0.4) is 0 Å². The first kappa shape index (κ1) is 30.2. The first-order valence-corrected chi connectivity index (χ1v) is 18.0. The second-order valence-corrected chi connectivity index (χ2v) is 13.6. The molecule has 0 fully saturated rings. The van der Waals surface area contributed by atoms with Gasteiger partial charge in [-0.15, -0.1) is 0 Å². The summed E-state index contributed by atoms with van der Waals surface area (Å²) in [6.45, 7) is 0. The molecule has 1 unspecified atom stereocenters. The molecule has 8 aromatic carbocycles. The molecule has 0 aliphatic heterocycles. The predicted octanol–water partition coefficient (Wildman–Crippen LogP) is 14.0. The highest BCUT2D eigenvalue weighted by Gasteiger charge is 2.23. The smallest absolute Gasteiger partial charge is 0.159 e. The van der Waals surface area contributed by atoms with Gasteiger partial charge in [-0.05, 0) is 92.2 Å². The Morgan fingerprint density at radius 1 is 0.519 bits per heavy atom. The highest BCUT2D eigenvalue weighted by Crippen LogP contribution is 2.45. The molecule has 246 valence electrons. The van der Waals surface area contributed by atoms with Crippen LogP contribution in [0.2, 0.25) is 0 Å². The zero-order valence-electron chi connectivity index (χ0n) is 28.6. The van der Waals surface area contributed by atoms with Crippen LogP contribution in [0.15, 0.2) is 204 Å². The quantitative estimate of drug-likeness (QED) is 0.176. The zero-order chi connectivity index (χ0) is 34.4. The Kier molecular flexibility index (Phi) is 7.32. The number of furan rings is 1. The zero-order valence-corrected chi connectivity index (χ0v) is 28.6. The SMILES string of the molecule is C1=CC(c2ccccc2)CC=C1N(c1ccc(-c2ccccc2)cc1)c1cccc2c1oc1cc(-c3ccc4ccccc4c3)c3ccccc3c12. The maximum atomic E-state index is 7.03. The molecule has 0 bridgehead atoms. The Hall–Kier alpha value is -6.64. The molecule has 1 aliphatic rings. The van der Waals surface area contributed by atoms with E-state index in [0.29, 0.717) is 5.92 Å². The molecule has 0 radical (unpaired) electrons. The van der Waals surface area contributed by atoms with Crippen molar-refractivity contribution in [3.8, 4) is 22.3 Å². The second-order valence-electron chi connectivity index (χ2n) is 13.6. The molecule has 52 heavy (non-hydrogen) atoms. The van der Waals surface area contributed by atoms with Crippen molar-refractivity contribution in [3.63, 3.8) is 0 Å². The second kappa shape index (κ2) is 12.6. The van der Waals surface area contributed by atoms with Gasteiger partial charge in [0.2, 0.25) is 0 Å². The molecule has 0 saturated heterocycles. The van der Waals surface area contributed by atoms with Crippen LogP contribution in [0.1, 0.15) is 17.9 Å². The number of allylic oxidation sites excluding steroid dienone is 3. The van der Waals surface area contributed by atoms with Crippen molar-refractivity contribution in [1.82, 2.24) is 0 Å². The number of anilines is 2. The Balaban J connectivity index is 1.15. The molecule has 2 nitrogen and oxygen atoms in total. The minimum absolute atomic E-state index is 0.342. The van der Waals surface area contributed by atoms with E-state index in [1.807, 2.05) is 0 Å². The van der Waals surface area contributed by atoms with Gasteiger partial charge in [0, 0.05) is 28.1 Å². The van der Waals surface area contributed by atoms with Crippen LogP contribution in [0.5, 0.6) is 0 Å². The number of hydrogen-bond acceptors (Lipinski definition) is 2.